The van der Waals surface area contributed by atoms with Gasteiger partial charge in [0.15, 0.2) is 6.61 Å². The largest absolute Gasteiger partial charge is 0.508 e. The number of halogens is 1. The molecular formula is C21H20FNO5. The number of benzene rings is 2. The summed E-state index contributed by atoms with van der Waals surface area (Å²) in [5, 5.41) is 10.1. The molecule has 1 N–H and O–H groups in total. The zero-order valence-corrected chi connectivity index (χ0v) is 15.4. The van der Waals surface area contributed by atoms with E-state index in [1.165, 1.54) is 35.4 Å². The van der Waals surface area contributed by atoms with E-state index in [1.807, 2.05) is 0 Å². The number of phenolic OH excluding ortho intramolecular Hbond substituents is 1. The van der Waals surface area contributed by atoms with Gasteiger partial charge in [-0.15, -0.1) is 0 Å². The third-order valence-electron chi connectivity index (χ3n) is 4.33. The molecule has 1 heterocycles. The van der Waals surface area contributed by atoms with Crippen molar-refractivity contribution in [3.63, 3.8) is 0 Å². The number of rotatable bonds is 7. The Bertz CT molecular complexity index is 997. The summed E-state index contributed by atoms with van der Waals surface area (Å²) in [6.07, 6.45) is 1.37. The molecule has 0 saturated heterocycles. The van der Waals surface area contributed by atoms with E-state index in [1.54, 1.807) is 25.1 Å². The highest BCUT2D eigenvalue weighted by molar-refractivity contribution is 5.87. The number of ether oxygens (including phenoxy) is 1. The second kappa shape index (κ2) is 8.56. The number of carbonyl (C=O) groups is 2. The van der Waals surface area contributed by atoms with Crippen LogP contribution in [0.4, 0.5) is 4.39 Å². The van der Waals surface area contributed by atoms with Crippen LogP contribution in [0.5, 0.6) is 5.75 Å². The summed E-state index contributed by atoms with van der Waals surface area (Å²) in [6, 6.07) is 10.6. The lowest BCUT2D eigenvalue weighted by Gasteiger charge is -2.20. The van der Waals surface area contributed by atoms with Crippen LogP contribution in [0.25, 0.3) is 11.0 Å². The maximum atomic E-state index is 13.3. The zero-order chi connectivity index (χ0) is 20.1. The normalized spacial score (nSPS) is 10.8. The average molecular weight is 385 g/mol. The molecule has 3 rings (SSSR count). The topological polar surface area (TPSA) is 80.0 Å². The Labute approximate surface area is 161 Å². The Morgan fingerprint density at radius 2 is 2.04 bits per heavy atom. The number of nitrogens with zero attached hydrogens (tertiary/aromatic N) is 1. The lowest BCUT2D eigenvalue weighted by atomic mass is 10.1. The molecule has 0 radical (unpaired) electrons. The van der Waals surface area contributed by atoms with Crippen molar-refractivity contribution >= 4 is 22.8 Å². The Hall–Kier alpha value is -3.35. The van der Waals surface area contributed by atoms with Crippen molar-refractivity contribution in [2.45, 2.75) is 19.9 Å². The number of likely N-dealkylation sites (N-methyl/N-ethyl adjacent to an activating group) is 1. The van der Waals surface area contributed by atoms with Crippen LogP contribution in [0.15, 0.2) is 53.1 Å². The molecule has 146 valence electrons. The van der Waals surface area contributed by atoms with Gasteiger partial charge in [-0.1, -0.05) is 12.1 Å². The highest BCUT2D eigenvalue weighted by Gasteiger charge is 2.17. The molecule has 0 spiro atoms. The van der Waals surface area contributed by atoms with E-state index >= 15 is 0 Å². The predicted octanol–water partition coefficient (Wildman–Crippen LogP) is 3.41. The maximum Gasteiger partial charge on any atom is 0.310 e. The number of amides is 1. The molecule has 0 atom stereocenters. The molecule has 3 aromatic rings. The maximum absolute atomic E-state index is 13.3. The van der Waals surface area contributed by atoms with Crippen molar-refractivity contribution in [1.29, 1.82) is 0 Å². The van der Waals surface area contributed by atoms with Gasteiger partial charge in [0.1, 0.15) is 17.1 Å². The van der Waals surface area contributed by atoms with Gasteiger partial charge in [-0.2, -0.15) is 0 Å². The lowest BCUT2D eigenvalue weighted by Crippen LogP contribution is -2.34. The molecule has 0 aliphatic rings. The number of aromatic hydroxyl groups is 1. The van der Waals surface area contributed by atoms with Gasteiger partial charge < -0.3 is 19.2 Å². The van der Waals surface area contributed by atoms with Crippen molar-refractivity contribution in [1.82, 2.24) is 4.90 Å². The van der Waals surface area contributed by atoms with E-state index in [9.17, 15) is 19.1 Å². The molecule has 0 bridgehead atoms. The fourth-order valence-electron chi connectivity index (χ4n) is 2.88. The van der Waals surface area contributed by atoms with Crippen molar-refractivity contribution in [3.8, 4) is 5.75 Å². The van der Waals surface area contributed by atoms with E-state index in [0.717, 1.165) is 0 Å². The Balaban J connectivity index is 1.55. The number of phenols is 1. The Morgan fingerprint density at radius 1 is 1.21 bits per heavy atom. The Kier molecular flexibility index (Phi) is 5.93. The molecule has 1 amide bonds. The monoisotopic (exact) mass is 385 g/mol. The van der Waals surface area contributed by atoms with Gasteiger partial charge in [-0.05, 0) is 36.8 Å². The molecule has 28 heavy (non-hydrogen) atoms. The van der Waals surface area contributed by atoms with Gasteiger partial charge in [0, 0.05) is 30.1 Å². The quantitative estimate of drug-likeness (QED) is 0.631. The van der Waals surface area contributed by atoms with Gasteiger partial charge >= 0.3 is 5.97 Å². The van der Waals surface area contributed by atoms with E-state index in [4.69, 9.17) is 9.15 Å². The molecule has 7 heteroatoms. The van der Waals surface area contributed by atoms with Crippen LogP contribution in [0.1, 0.15) is 18.1 Å². The first-order chi connectivity index (χ1) is 13.5. The molecule has 2 aromatic carbocycles. The van der Waals surface area contributed by atoms with E-state index in [2.05, 4.69) is 0 Å². The lowest BCUT2D eigenvalue weighted by molar-refractivity contribution is -0.151. The summed E-state index contributed by atoms with van der Waals surface area (Å²) in [4.78, 5) is 25.9. The number of hydrogen-bond acceptors (Lipinski definition) is 5. The highest BCUT2D eigenvalue weighted by atomic mass is 19.1. The molecular weight excluding hydrogens is 365 g/mol. The fourth-order valence-corrected chi connectivity index (χ4v) is 2.88. The summed E-state index contributed by atoms with van der Waals surface area (Å²) >= 11 is 0. The summed E-state index contributed by atoms with van der Waals surface area (Å²) in [5.74, 6) is -1.22. The summed E-state index contributed by atoms with van der Waals surface area (Å²) in [6.45, 7) is 2.05. The van der Waals surface area contributed by atoms with Crippen LogP contribution in [-0.4, -0.2) is 35.0 Å². The smallest absolute Gasteiger partial charge is 0.310 e. The fraction of sp³-hybridized carbons (Fsp3) is 0.238. The van der Waals surface area contributed by atoms with Crippen LogP contribution >= 0.6 is 0 Å². The molecule has 0 aliphatic heterocycles. The van der Waals surface area contributed by atoms with Crippen LogP contribution in [0.3, 0.4) is 0 Å². The molecule has 0 saturated carbocycles. The molecule has 0 fully saturated rings. The number of esters is 1. The molecule has 0 unspecified atom stereocenters. The van der Waals surface area contributed by atoms with Crippen molar-refractivity contribution in [2.75, 3.05) is 13.2 Å². The minimum absolute atomic E-state index is 0.0545. The summed E-state index contributed by atoms with van der Waals surface area (Å²) in [5.41, 5.74) is 1.74. The predicted molar refractivity (Wildman–Crippen MR) is 100 cm³/mol. The number of fused-ring (bicyclic) bond motifs is 1. The molecule has 0 aliphatic carbocycles. The van der Waals surface area contributed by atoms with Crippen molar-refractivity contribution < 1.29 is 28.2 Å². The first-order valence-corrected chi connectivity index (χ1v) is 8.83. The Morgan fingerprint density at radius 3 is 2.79 bits per heavy atom. The van der Waals surface area contributed by atoms with Crippen LogP contribution in [0, 0.1) is 5.82 Å². The molecule has 1 aromatic heterocycles. The van der Waals surface area contributed by atoms with Gasteiger partial charge in [-0.25, -0.2) is 4.39 Å². The van der Waals surface area contributed by atoms with Crippen LogP contribution < -0.4 is 0 Å². The van der Waals surface area contributed by atoms with Crippen LogP contribution in [-0.2, 0) is 27.3 Å². The molecule has 6 nitrogen and oxygen atoms in total. The van der Waals surface area contributed by atoms with E-state index in [0.29, 0.717) is 28.6 Å². The third-order valence-corrected chi connectivity index (χ3v) is 4.33. The highest BCUT2D eigenvalue weighted by Crippen LogP contribution is 2.25. The van der Waals surface area contributed by atoms with E-state index in [-0.39, 0.29) is 30.4 Å². The van der Waals surface area contributed by atoms with Gasteiger partial charge in [0.25, 0.3) is 5.91 Å². The van der Waals surface area contributed by atoms with Crippen molar-refractivity contribution in [2.24, 2.45) is 0 Å². The standard InChI is InChI=1S/C21H20FNO5/c1-2-23(11-14-4-3-5-16(22)8-14)20(25)13-28-21(26)9-15-12-27-19-10-17(24)6-7-18(15)19/h3-8,10,12,24H,2,9,11,13H2,1H3. The summed E-state index contributed by atoms with van der Waals surface area (Å²) < 4.78 is 23.7. The first-order valence-electron chi connectivity index (χ1n) is 8.83. The van der Waals surface area contributed by atoms with Gasteiger partial charge in [-0.3, -0.25) is 9.59 Å². The second-order valence-corrected chi connectivity index (χ2v) is 6.32. The SMILES string of the molecule is CCN(Cc1cccc(F)c1)C(=O)COC(=O)Cc1coc2cc(O)ccc12. The average Bonchev–Trinajstić information content (AvgIpc) is 3.06. The van der Waals surface area contributed by atoms with Gasteiger partial charge in [0.05, 0.1) is 12.7 Å². The van der Waals surface area contributed by atoms with Crippen molar-refractivity contribution in [3.05, 3.63) is 65.7 Å². The number of furan rings is 1. The summed E-state index contributed by atoms with van der Waals surface area (Å²) in [7, 11) is 0. The van der Waals surface area contributed by atoms with E-state index < -0.39 is 12.6 Å². The number of carbonyl (C=O) groups excluding carboxylic acids is 2. The minimum Gasteiger partial charge on any atom is -0.508 e. The minimum atomic E-state index is -0.564. The third kappa shape index (κ3) is 4.68. The van der Waals surface area contributed by atoms with Gasteiger partial charge in [0.2, 0.25) is 0 Å². The second-order valence-electron chi connectivity index (χ2n) is 6.32. The number of hydrogen-bond donors (Lipinski definition) is 1. The van der Waals surface area contributed by atoms with Crippen LogP contribution in [0.2, 0.25) is 0 Å². The first kappa shape index (κ1) is 19.4. The zero-order valence-electron chi connectivity index (χ0n) is 15.4.